The normalized spacial score (nSPS) is 21.4. The Morgan fingerprint density at radius 1 is 1.35 bits per heavy atom. The number of carboxylic acid groups (broad SMARTS) is 1. The lowest BCUT2D eigenvalue weighted by Gasteiger charge is -2.34. The smallest absolute Gasteiger partial charge is 0.290 e. The number of likely N-dealkylation sites (tertiary alicyclic amines) is 1. The molecule has 2 aromatic rings. The molecule has 3 heterocycles. The van der Waals surface area contributed by atoms with Crippen LogP contribution in [-0.2, 0) is 32.8 Å². The van der Waals surface area contributed by atoms with Crippen molar-refractivity contribution in [3.8, 4) is 0 Å². The summed E-state index contributed by atoms with van der Waals surface area (Å²) in [6, 6.07) is 7.85. The van der Waals surface area contributed by atoms with Gasteiger partial charge >= 0.3 is 0 Å². The standard InChI is InChI=1S/C22H28N4O2.CH2O2/c1-3-7-18-22(16-8-5-6-9-17(16)24-21(22)28)11-14-26(18)20(27)10-13-25-15-12-23-19(25)4-2;2-1-3/h5-6,8-9,12,15,18H,3-4,7,10-11,13-14H2,1-2H3,(H,24,28);1H,(H,2,3)/t18-,22-;/m0./s1. The number of rotatable bonds is 6. The molecule has 0 saturated carbocycles. The van der Waals surface area contributed by atoms with E-state index in [0.29, 0.717) is 25.9 Å². The van der Waals surface area contributed by atoms with Crippen LogP contribution in [0.5, 0.6) is 0 Å². The van der Waals surface area contributed by atoms with E-state index in [1.54, 1.807) is 6.20 Å². The Bertz CT molecular complexity index is 941. The second-order valence-electron chi connectivity index (χ2n) is 7.86. The summed E-state index contributed by atoms with van der Waals surface area (Å²) < 4.78 is 2.05. The molecule has 1 fully saturated rings. The summed E-state index contributed by atoms with van der Waals surface area (Å²) in [6.07, 6.45) is 7.46. The maximum atomic E-state index is 13.1. The van der Waals surface area contributed by atoms with Crippen molar-refractivity contribution in [1.82, 2.24) is 14.5 Å². The summed E-state index contributed by atoms with van der Waals surface area (Å²) in [5.41, 5.74) is 1.34. The number of carbonyl (C=O) groups excluding carboxylic acids is 2. The highest BCUT2D eigenvalue weighted by Gasteiger charge is 2.58. The van der Waals surface area contributed by atoms with Gasteiger partial charge < -0.3 is 19.9 Å². The van der Waals surface area contributed by atoms with Gasteiger partial charge in [-0.05, 0) is 24.5 Å². The zero-order chi connectivity index (χ0) is 22.4. The zero-order valence-electron chi connectivity index (χ0n) is 18.1. The molecule has 2 atom stereocenters. The first kappa shape index (κ1) is 22.5. The fourth-order valence-electron chi connectivity index (χ4n) is 4.99. The SMILES string of the molecule is CCC[C@@H]1N(C(=O)CCn2ccnc2CC)CC[C@@]12C(=O)Nc1ccccc12.O=CO. The van der Waals surface area contributed by atoms with Crippen molar-refractivity contribution >= 4 is 24.0 Å². The largest absolute Gasteiger partial charge is 0.483 e. The van der Waals surface area contributed by atoms with Gasteiger partial charge in [0.2, 0.25) is 11.8 Å². The van der Waals surface area contributed by atoms with Crippen LogP contribution < -0.4 is 5.32 Å². The predicted molar refractivity (Wildman–Crippen MR) is 117 cm³/mol. The van der Waals surface area contributed by atoms with Crippen LogP contribution in [0.15, 0.2) is 36.7 Å². The third-order valence-corrected chi connectivity index (χ3v) is 6.32. The molecule has 0 aliphatic carbocycles. The zero-order valence-corrected chi connectivity index (χ0v) is 18.1. The number of hydrogen-bond donors (Lipinski definition) is 2. The summed E-state index contributed by atoms with van der Waals surface area (Å²) in [5.74, 6) is 1.17. The number of amides is 2. The van der Waals surface area contributed by atoms with E-state index >= 15 is 0 Å². The third-order valence-electron chi connectivity index (χ3n) is 6.32. The van der Waals surface area contributed by atoms with Crippen LogP contribution in [0.4, 0.5) is 5.69 Å². The van der Waals surface area contributed by atoms with Gasteiger partial charge in [-0.1, -0.05) is 38.5 Å². The van der Waals surface area contributed by atoms with Gasteiger partial charge in [-0.3, -0.25) is 14.4 Å². The number of carbonyl (C=O) groups is 3. The Morgan fingerprint density at radius 2 is 2.10 bits per heavy atom. The minimum absolute atomic E-state index is 0.0466. The number of hydrogen-bond acceptors (Lipinski definition) is 4. The van der Waals surface area contributed by atoms with Crippen LogP contribution in [0.2, 0.25) is 0 Å². The highest BCUT2D eigenvalue weighted by atomic mass is 16.3. The lowest BCUT2D eigenvalue weighted by Crippen LogP contribution is -2.48. The molecule has 2 N–H and O–H groups in total. The molecule has 1 spiro atoms. The molecular formula is C23H30N4O4. The average Bonchev–Trinajstić information content (AvgIpc) is 3.45. The highest BCUT2D eigenvalue weighted by molar-refractivity contribution is 6.07. The van der Waals surface area contributed by atoms with E-state index in [1.165, 1.54) is 0 Å². The number of para-hydroxylation sites is 1. The number of nitrogens with one attached hydrogen (secondary N) is 1. The average molecular weight is 427 g/mol. The number of aromatic nitrogens is 2. The molecule has 1 aromatic heterocycles. The molecule has 0 radical (unpaired) electrons. The van der Waals surface area contributed by atoms with E-state index in [0.717, 1.165) is 36.3 Å². The van der Waals surface area contributed by atoms with E-state index in [4.69, 9.17) is 9.90 Å². The van der Waals surface area contributed by atoms with Gasteiger partial charge in [-0.25, -0.2) is 4.98 Å². The third kappa shape index (κ3) is 4.06. The van der Waals surface area contributed by atoms with Crippen molar-refractivity contribution in [2.45, 2.75) is 64.0 Å². The molecule has 2 aliphatic heterocycles. The second-order valence-corrected chi connectivity index (χ2v) is 7.86. The summed E-state index contributed by atoms with van der Waals surface area (Å²) in [6.45, 7) is 5.20. The van der Waals surface area contributed by atoms with Gasteiger partial charge in [0, 0.05) is 44.0 Å². The van der Waals surface area contributed by atoms with Crippen LogP contribution >= 0.6 is 0 Å². The monoisotopic (exact) mass is 426 g/mol. The molecule has 2 aliphatic rings. The Hall–Kier alpha value is -3.16. The topological polar surface area (TPSA) is 105 Å². The molecule has 1 aromatic carbocycles. The maximum absolute atomic E-state index is 13.1. The van der Waals surface area contributed by atoms with Gasteiger partial charge in [0.15, 0.2) is 0 Å². The fourth-order valence-corrected chi connectivity index (χ4v) is 4.99. The minimum atomic E-state index is -0.605. The van der Waals surface area contributed by atoms with Crippen molar-refractivity contribution in [1.29, 1.82) is 0 Å². The summed E-state index contributed by atoms with van der Waals surface area (Å²) >= 11 is 0. The summed E-state index contributed by atoms with van der Waals surface area (Å²) in [4.78, 5) is 40.9. The molecular weight excluding hydrogens is 396 g/mol. The molecule has 8 heteroatoms. The fraction of sp³-hybridized carbons (Fsp3) is 0.478. The van der Waals surface area contributed by atoms with Gasteiger partial charge in [0.25, 0.3) is 6.47 Å². The number of nitrogens with zero attached hydrogens (tertiary/aromatic N) is 3. The molecule has 0 bridgehead atoms. The van der Waals surface area contributed by atoms with E-state index < -0.39 is 5.41 Å². The Morgan fingerprint density at radius 3 is 2.81 bits per heavy atom. The number of imidazole rings is 1. The van der Waals surface area contributed by atoms with E-state index in [-0.39, 0.29) is 24.3 Å². The van der Waals surface area contributed by atoms with Crippen LogP contribution in [0, 0.1) is 0 Å². The quantitative estimate of drug-likeness (QED) is 0.691. The van der Waals surface area contributed by atoms with E-state index in [2.05, 4.69) is 28.7 Å². The molecule has 166 valence electrons. The summed E-state index contributed by atoms with van der Waals surface area (Å²) in [7, 11) is 0. The number of anilines is 1. The predicted octanol–water partition coefficient (Wildman–Crippen LogP) is 2.83. The number of fused-ring (bicyclic) bond motifs is 2. The maximum Gasteiger partial charge on any atom is 0.290 e. The van der Waals surface area contributed by atoms with Gasteiger partial charge in [-0.15, -0.1) is 0 Å². The van der Waals surface area contributed by atoms with Crippen LogP contribution in [0.25, 0.3) is 0 Å². The Balaban J connectivity index is 0.000000858. The van der Waals surface area contributed by atoms with Gasteiger partial charge in [0.1, 0.15) is 5.82 Å². The first-order chi connectivity index (χ1) is 15.0. The van der Waals surface area contributed by atoms with Gasteiger partial charge in [-0.2, -0.15) is 0 Å². The van der Waals surface area contributed by atoms with E-state index in [9.17, 15) is 9.59 Å². The van der Waals surface area contributed by atoms with Crippen molar-refractivity contribution in [3.63, 3.8) is 0 Å². The molecule has 8 nitrogen and oxygen atoms in total. The van der Waals surface area contributed by atoms with E-state index in [1.807, 2.05) is 35.4 Å². The summed E-state index contributed by atoms with van der Waals surface area (Å²) in [5, 5.41) is 9.95. The van der Waals surface area contributed by atoms with Crippen LogP contribution in [0.3, 0.4) is 0 Å². The highest BCUT2D eigenvalue weighted by Crippen LogP contribution is 2.49. The van der Waals surface area contributed by atoms with Crippen LogP contribution in [0.1, 0.15) is 50.9 Å². The first-order valence-corrected chi connectivity index (χ1v) is 10.8. The van der Waals surface area contributed by atoms with Crippen LogP contribution in [-0.4, -0.2) is 50.4 Å². The molecule has 31 heavy (non-hydrogen) atoms. The molecule has 4 rings (SSSR count). The lowest BCUT2D eigenvalue weighted by molar-refractivity contribution is -0.133. The van der Waals surface area contributed by atoms with Gasteiger partial charge in [0.05, 0.1) is 11.5 Å². The molecule has 2 amide bonds. The van der Waals surface area contributed by atoms with Crippen molar-refractivity contribution in [2.75, 3.05) is 11.9 Å². The Kier molecular flexibility index (Phi) is 7.09. The Labute approximate surface area is 182 Å². The number of aryl methyl sites for hydroxylation is 2. The second kappa shape index (κ2) is 9.76. The van der Waals surface area contributed by atoms with Crippen molar-refractivity contribution in [3.05, 3.63) is 48.0 Å². The molecule has 1 saturated heterocycles. The van der Waals surface area contributed by atoms with Crippen molar-refractivity contribution in [2.24, 2.45) is 0 Å². The number of benzene rings is 1. The van der Waals surface area contributed by atoms with Crippen molar-refractivity contribution < 1.29 is 19.5 Å². The first-order valence-electron chi connectivity index (χ1n) is 10.8. The lowest BCUT2D eigenvalue weighted by atomic mass is 9.73. The molecule has 0 unspecified atom stereocenters. The minimum Gasteiger partial charge on any atom is -0.483 e.